The van der Waals surface area contributed by atoms with Gasteiger partial charge in [0.15, 0.2) is 0 Å². The van der Waals surface area contributed by atoms with E-state index in [0.29, 0.717) is 17.1 Å². The number of nitrogens with zero attached hydrogens (tertiary/aromatic N) is 2. The van der Waals surface area contributed by atoms with Gasteiger partial charge in [0.25, 0.3) is 5.91 Å². The Morgan fingerprint density at radius 3 is 2.84 bits per heavy atom. The van der Waals surface area contributed by atoms with E-state index >= 15 is 0 Å². The Morgan fingerprint density at radius 1 is 1.53 bits per heavy atom. The molecule has 1 aromatic carbocycles. The number of amides is 1. The molecule has 1 aromatic heterocycles. The van der Waals surface area contributed by atoms with Crippen LogP contribution in [0, 0.1) is 6.92 Å². The maximum absolute atomic E-state index is 12.0. The summed E-state index contributed by atoms with van der Waals surface area (Å²) in [6.45, 7) is 2.37. The third kappa shape index (κ3) is 3.36. The van der Waals surface area contributed by atoms with Crippen LogP contribution in [0.15, 0.2) is 28.9 Å². The highest BCUT2D eigenvalue weighted by Gasteiger charge is 2.09. The van der Waals surface area contributed by atoms with E-state index in [1.54, 1.807) is 22.9 Å². The molecule has 2 aromatic rings. The van der Waals surface area contributed by atoms with Crippen LogP contribution in [0.25, 0.3) is 0 Å². The van der Waals surface area contributed by atoms with Gasteiger partial charge >= 0.3 is 0 Å². The summed E-state index contributed by atoms with van der Waals surface area (Å²) in [5, 5.41) is 7.59. The standard InChI is InChI=1S/C13H13BrClN3O/c1-8-10(7-18(2)17-8)6-16-13(19)9-3-4-11(14)12(15)5-9/h3-5,7H,6H2,1-2H3,(H,16,19). The first-order valence-corrected chi connectivity index (χ1v) is 6.87. The molecule has 0 saturated heterocycles. The average molecular weight is 343 g/mol. The van der Waals surface area contributed by atoms with Crippen molar-refractivity contribution in [1.82, 2.24) is 15.1 Å². The topological polar surface area (TPSA) is 46.9 Å². The van der Waals surface area contributed by atoms with E-state index in [2.05, 4.69) is 26.3 Å². The van der Waals surface area contributed by atoms with Crippen LogP contribution >= 0.6 is 27.5 Å². The molecule has 0 aliphatic heterocycles. The lowest BCUT2D eigenvalue weighted by atomic mass is 10.2. The van der Waals surface area contributed by atoms with Crippen molar-refractivity contribution < 1.29 is 4.79 Å². The van der Waals surface area contributed by atoms with Gasteiger partial charge in [0.2, 0.25) is 0 Å². The van der Waals surface area contributed by atoms with Crippen LogP contribution in [0.4, 0.5) is 0 Å². The van der Waals surface area contributed by atoms with Gasteiger partial charge < -0.3 is 5.32 Å². The number of nitrogens with one attached hydrogen (secondary N) is 1. The Hall–Kier alpha value is -1.33. The Morgan fingerprint density at radius 2 is 2.26 bits per heavy atom. The van der Waals surface area contributed by atoms with Crippen molar-refractivity contribution in [2.45, 2.75) is 13.5 Å². The largest absolute Gasteiger partial charge is 0.348 e. The Labute approximate surface area is 124 Å². The molecule has 0 spiro atoms. The summed E-state index contributed by atoms with van der Waals surface area (Å²) in [7, 11) is 1.85. The molecule has 0 atom stereocenters. The Kier molecular flexibility index (Phi) is 4.27. The molecular formula is C13H13BrClN3O. The SMILES string of the molecule is Cc1nn(C)cc1CNC(=O)c1ccc(Br)c(Cl)c1. The van der Waals surface area contributed by atoms with Crippen LogP contribution in [0.5, 0.6) is 0 Å². The maximum atomic E-state index is 12.0. The van der Waals surface area contributed by atoms with Crippen molar-refractivity contribution in [1.29, 1.82) is 0 Å². The molecule has 0 radical (unpaired) electrons. The average Bonchev–Trinajstić information content (AvgIpc) is 2.68. The molecule has 2 rings (SSSR count). The highest BCUT2D eigenvalue weighted by atomic mass is 79.9. The second-order valence-electron chi connectivity index (χ2n) is 4.22. The zero-order valence-corrected chi connectivity index (χ0v) is 12.9. The molecule has 0 aliphatic rings. The Balaban J connectivity index is 2.05. The summed E-state index contributed by atoms with van der Waals surface area (Å²) >= 11 is 9.26. The van der Waals surface area contributed by atoms with Gasteiger partial charge in [0.05, 0.1) is 10.7 Å². The predicted octanol–water partition coefficient (Wildman–Crippen LogP) is 3.07. The zero-order valence-electron chi connectivity index (χ0n) is 10.6. The molecule has 0 saturated carbocycles. The van der Waals surface area contributed by atoms with E-state index < -0.39 is 0 Å². The highest BCUT2D eigenvalue weighted by Crippen LogP contribution is 2.23. The number of rotatable bonds is 3. The molecular weight excluding hydrogens is 330 g/mol. The highest BCUT2D eigenvalue weighted by molar-refractivity contribution is 9.10. The van der Waals surface area contributed by atoms with Gasteiger partial charge in [-0.2, -0.15) is 5.10 Å². The minimum Gasteiger partial charge on any atom is -0.348 e. The normalized spacial score (nSPS) is 10.5. The van der Waals surface area contributed by atoms with Gasteiger partial charge in [0.1, 0.15) is 0 Å². The molecule has 0 unspecified atom stereocenters. The fourth-order valence-corrected chi connectivity index (χ4v) is 2.16. The van der Waals surface area contributed by atoms with Gasteiger partial charge in [0, 0.05) is 35.4 Å². The number of hydrogen-bond acceptors (Lipinski definition) is 2. The van der Waals surface area contributed by atoms with Gasteiger partial charge in [-0.05, 0) is 41.1 Å². The lowest BCUT2D eigenvalue weighted by Gasteiger charge is -2.05. The number of carbonyl (C=O) groups excluding carboxylic acids is 1. The van der Waals surface area contributed by atoms with Gasteiger partial charge in [-0.1, -0.05) is 11.6 Å². The first-order valence-electron chi connectivity index (χ1n) is 5.69. The van der Waals surface area contributed by atoms with Crippen molar-refractivity contribution in [3.63, 3.8) is 0 Å². The van der Waals surface area contributed by atoms with E-state index in [1.165, 1.54) is 0 Å². The van der Waals surface area contributed by atoms with E-state index in [9.17, 15) is 4.79 Å². The van der Waals surface area contributed by atoms with Crippen LogP contribution in [-0.4, -0.2) is 15.7 Å². The number of aromatic nitrogens is 2. The number of halogens is 2. The summed E-state index contributed by atoms with van der Waals surface area (Å²) < 4.78 is 2.50. The monoisotopic (exact) mass is 341 g/mol. The zero-order chi connectivity index (χ0) is 14.0. The van der Waals surface area contributed by atoms with E-state index in [4.69, 9.17) is 11.6 Å². The van der Waals surface area contributed by atoms with Crippen LogP contribution in [0.2, 0.25) is 5.02 Å². The molecule has 6 heteroatoms. The smallest absolute Gasteiger partial charge is 0.251 e. The van der Waals surface area contributed by atoms with Crippen LogP contribution < -0.4 is 5.32 Å². The molecule has 0 fully saturated rings. The summed E-state index contributed by atoms with van der Waals surface area (Å²) in [5.74, 6) is -0.155. The molecule has 0 aliphatic carbocycles. The summed E-state index contributed by atoms with van der Waals surface area (Å²) in [4.78, 5) is 12.0. The maximum Gasteiger partial charge on any atom is 0.251 e. The molecule has 1 N–H and O–H groups in total. The molecule has 4 nitrogen and oxygen atoms in total. The third-order valence-electron chi connectivity index (χ3n) is 2.74. The van der Waals surface area contributed by atoms with Crippen LogP contribution in [0.1, 0.15) is 21.6 Å². The summed E-state index contributed by atoms with van der Waals surface area (Å²) in [6, 6.07) is 5.12. The van der Waals surface area contributed by atoms with Gasteiger partial charge in [-0.3, -0.25) is 9.48 Å². The third-order valence-corrected chi connectivity index (χ3v) is 3.97. The number of carbonyl (C=O) groups is 1. The minimum absolute atomic E-state index is 0.155. The Bertz CT molecular complexity index is 624. The van der Waals surface area contributed by atoms with E-state index in [-0.39, 0.29) is 5.91 Å². The summed E-state index contributed by atoms with van der Waals surface area (Å²) in [6.07, 6.45) is 1.89. The minimum atomic E-state index is -0.155. The van der Waals surface area contributed by atoms with Gasteiger partial charge in [-0.15, -0.1) is 0 Å². The second-order valence-corrected chi connectivity index (χ2v) is 5.49. The lowest BCUT2D eigenvalue weighted by molar-refractivity contribution is 0.0951. The molecule has 1 amide bonds. The van der Waals surface area contributed by atoms with Gasteiger partial charge in [-0.25, -0.2) is 0 Å². The van der Waals surface area contributed by atoms with Crippen LogP contribution in [0.3, 0.4) is 0 Å². The number of hydrogen-bond donors (Lipinski definition) is 1. The van der Waals surface area contributed by atoms with Crippen molar-refractivity contribution >= 4 is 33.4 Å². The van der Waals surface area contributed by atoms with Crippen molar-refractivity contribution in [2.24, 2.45) is 7.05 Å². The molecule has 0 bridgehead atoms. The predicted molar refractivity (Wildman–Crippen MR) is 78.3 cm³/mol. The van der Waals surface area contributed by atoms with Crippen molar-refractivity contribution in [3.8, 4) is 0 Å². The molecule has 100 valence electrons. The molecule has 19 heavy (non-hydrogen) atoms. The second kappa shape index (κ2) is 5.75. The van der Waals surface area contributed by atoms with E-state index in [1.807, 2.05) is 20.2 Å². The first-order chi connectivity index (χ1) is 8.97. The fraction of sp³-hybridized carbons (Fsp3) is 0.231. The van der Waals surface area contributed by atoms with E-state index in [0.717, 1.165) is 15.7 Å². The fourth-order valence-electron chi connectivity index (χ4n) is 1.74. The summed E-state index contributed by atoms with van der Waals surface area (Å²) in [5.41, 5.74) is 2.45. The van der Waals surface area contributed by atoms with Crippen molar-refractivity contribution in [3.05, 3.63) is 50.7 Å². The molecule has 1 heterocycles. The number of aryl methyl sites for hydroxylation is 2. The van der Waals surface area contributed by atoms with Crippen molar-refractivity contribution in [2.75, 3.05) is 0 Å². The van der Waals surface area contributed by atoms with Crippen LogP contribution in [-0.2, 0) is 13.6 Å². The first kappa shape index (κ1) is 14.1. The number of benzene rings is 1. The lowest BCUT2D eigenvalue weighted by Crippen LogP contribution is -2.22. The quantitative estimate of drug-likeness (QED) is 0.932.